The van der Waals surface area contributed by atoms with E-state index in [2.05, 4.69) is 6.07 Å². The normalized spacial score (nSPS) is 10.1. The van der Waals surface area contributed by atoms with Gasteiger partial charge in [-0.1, -0.05) is 12.2 Å². The number of halogens is 1. The fourth-order valence-corrected chi connectivity index (χ4v) is 1.17. The van der Waals surface area contributed by atoms with Crippen LogP contribution in [0.4, 0.5) is 0 Å². The zero-order chi connectivity index (χ0) is 10.4. The van der Waals surface area contributed by atoms with E-state index in [0.717, 1.165) is 11.3 Å². The van der Waals surface area contributed by atoms with Crippen molar-refractivity contribution in [1.82, 2.24) is 0 Å². The number of hydrogen-bond donors (Lipinski definition) is 0. The molecule has 0 amide bonds. The van der Waals surface area contributed by atoms with E-state index >= 15 is 0 Å². The molecule has 0 heterocycles. The van der Waals surface area contributed by atoms with Crippen molar-refractivity contribution in [2.75, 3.05) is 13.0 Å². The Morgan fingerprint density at radius 2 is 2.36 bits per heavy atom. The lowest BCUT2D eigenvalue weighted by molar-refractivity contribution is 0.414. The van der Waals surface area contributed by atoms with Gasteiger partial charge in [-0.3, -0.25) is 0 Å². The Morgan fingerprint density at radius 3 is 2.93 bits per heavy atom. The first-order chi connectivity index (χ1) is 6.81. The Labute approximate surface area is 88.4 Å². The standard InChI is InChI=1S/C11H10ClNO/c1-14-11-5-4-10(8-13)9(7-11)3-2-6-12/h2-5,7H,6H2,1H3. The SMILES string of the molecule is COc1ccc(C#N)c(C=CCCl)c1. The maximum absolute atomic E-state index is 8.82. The second-order valence-corrected chi connectivity index (χ2v) is 2.93. The monoisotopic (exact) mass is 207 g/mol. The number of benzene rings is 1. The second-order valence-electron chi connectivity index (χ2n) is 2.62. The average Bonchev–Trinajstić information content (AvgIpc) is 2.25. The van der Waals surface area contributed by atoms with Crippen LogP contribution in [0.3, 0.4) is 0 Å². The number of methoxy groups -OCH3 is 1. The molecule has 0 aromatic heterocycles. The third-order valence-corrected chi connectivity index (χ3v) is 1.94. The highest BCUT2D eigenvalue weighted by atomic mass is 35.5. The van der Waals surface area contributed by atoms with E-state index in [0.29, 0.717) is 11.4 Å². The molecule has 0 aliphatic carbocycles. The molecule has 0 bridgehead atoms. The Hall–Kier alpha value is -1.46. The number of allylic oxidation sites excluding steroid dienone is 1. The Morgan fingerprint density at radius 1 is 1.57 bits per heavy atom. The molecule has 0 atom stereocenters. The van der Waals surface area contributed by atoms with Gasteiger partial charge in [0.25, 0.3) is 0 Å². The van der Waals surface area contributed by atoms with E-state index in [4.69, 9.17) is 21.6 Å². The van der Waals surface area contributed by atoms with Crippen molar-refractivity contribution in [2.24, 2.45) is 0 Å². The summed E-state index contributed by atoms with van der Waals surface area (Å²) in [6.07, 6.45) is 3.60. The molecule has 0 aliphatic rings. The minimum atomic E-state index is 0.433. The maximum Gasteiger partial charge on any atom is 0.119 e. The largest absolute Gasteiger partial charge is 0.497 e. The fraction of sp³-hybridized carbons (Fsp3) is 0.182. The minimum Gasteiger partial charge on any atom is -0.497 e. The lowest BCUT2D eigenvalue weighted by Gasteiger charge is -2.02. The average molecular weight is 208 g/mol. The van der Waals surface area contributed by atoms with Crippen molar-refractivity contribution < 1.29 is 4.74 Å². The predicted molar refractivity (Wildman–Crippen MR) is 57.5 cm³/mol. The molecule has 72 valence electrons. The maximum atomic E-state index is 8.82. The Kier molecular flexibility index (Phi) is 4.03. The van der Waals surface area contributed by atoms with Crippen LogP contribution in [-0.2, 0) is 0 Å². The summed E-state index contributed by atoms with van der Waals surface area (Å²) in [5.41, 5.74) is 1.44. The molecular formula is C11H10ClNO. The first-order valence-corrected chi connectivity index (χ1v) is 4.66. The van der Waals surface area contributed by atoms with Gasteiger partial charge in [0, 0.05) is 5.88 Å². The van der Waals surface area contributed by atoms with Crippen LogP contribution in [-0.4, -0.2) is 13.0 Å². The van der Waals surface area contributed by atoms with Gasteiger partial charge in [-0.05, 0) is 23.8 Å². The summed E-state index contributed by atoms with van der Waals surface area (Å²) in [5.74, 6) is 1.17. The molecule has 0 saturated heterocycles. The Balaban J connectivity index is 3.10. The van der Waals surface area contributed by atoms with Crippen molar-refractivity contribution >= 4 is 17.7 Å². The number of rotatable bonds is 3. The summed E-state index contributed by atoms with van der Waals surface area (Å²) in [6.45, 7) is 0. The van der Waals surface area contributed by atoms with E-state index in [-0.39, 0.29) is 0 Å². The predicted octanol–water partition coefficient (Wildman–Crippen LogP) is 2.82. The first-order valence-electron chi connectivity index (χ1n) is 4.12. The molecule has 3 heteroatoms. The van der Waals surface area contributed by atoms with Crippen molar-refractivity contribution in [3.63, 3.8) is 0 Å². The van der Waals surface area contributed by atoms with Gasteiger partial charge in [0.1, 0.15) is 5.75 Å². The van der Waals surface area contributed by atoms with Crippen LogP contribution in [0, 0.1) is 11.3 Å². The van der Waals surface area contributed by atoms with Crippen LogP contribution in [0.2, 0.25) is 0 Å². The minimum absolute atomic E-state index is 0.433. The summed E-state index contributed by atoms with van der Waals surface area (Å²) >= 11 is 5.52. The third-order valence-electron chi connectivity index (χ3n) is 1.77. The van der Waals surface area contributed by atoms with E-state index in [1.54, 1.807) is 25.3 Å². The van der Waals surface area contributed by atoms with Crippen LogP contribution < -0.4 is 4.74 Å². The lowest BCUT2D eigenvalue weighted by Crippen LogP contribution is -1.86. The molecule has 0 fully saturated rings. The van der Waals surface area contributed by atoms with Gasteiger partial charge < -0.3 is 4.74 Å². The zero-order valence-electron chi connectivity index (χ0n) is 7.83. The number of nitrogens with zero attached hydrogens (tertiary/aromatic N) is 1. The van der Waals surface area contributed by atoms with Gasteiger partial charge in [-0.15, -0.1) is 11.6 Å². The molecule has 1 rings (SSSR count). The van der Waals surface area contributed by atoms with Crippen LogP contribution in [0.25, 0.3) is 6.08 Å². The number of hydrogen-bond acceptors (Lipinski definition) is 2. The molecule has 0 aliphatic heterocycles. The molecule has 0 N–H and O–H groups in total. The topological polar surface area (TPSA) is 33.0 Å². The van der Waals surface area contributed by atoms with E-state index in [9.17, 15) is 0 Å². The summed E-state index contributed by atoms with van der Waals surface area (Å²) in [7, 11) is 1.59. The highest BCUT2D eigenvalue weighted by Crippen LogP contribution is 2.18. The molecule has 1 aromatic carbocycles. The second kappa shape index (κ2) is 5.31. The highest BCUT2D eigenvalue weighted by molar-refractivity contribution is 6.19. The van der Waals surface area contributed by atoms with E-state index < -0.39 is 0 Å². The summed E-state index contributed by atoms with van der Waals surface area (Å²) in [5, 5.41) is 8.82. The molecule has 2 nitrogen and oxygen atoms in total. The highest BCUT2D eigenvalue weighted by Gasteiger charge is 1.99. The number of ether oxygens (including phenoxy) is 1. The van der Waals surface area contributed by atoms with E-state index in [1.807, 2.05) is 12.1 Å². The lowest BCUT2D eigenvalue weighted by atomic mass is 10.1. The van der Waals surface area contributed by atoms with Gasteiger partial charge in [-0.2, -0.15) is 5.26 Å². The summed E-state index contributed by atoms with van der Waals surface area (Å²) < 4.78 is 5.06. The summed E-state index contributed by atoms with van der Waals surface area (Å²) in [4.78, 5) is 0. The van der Waals surface area contributed by atoms with Gasteiger partial charge in [0.15, 0.2) is 0 Å². The Bertz CT molecular complexity index is 379. The van der Waals surface area contributed by atoms with Crippen molar-refractivity contribution in [1.29, 1.82) is 5.26 Å². The molecule has 1 aromatic rings. The summed E-state index contributed by atoms with van der Waals surface area (Å²) in [6, 6.07) is 7.40. The fourth-order valence-electron chi connectivity index (χ4n) is 1.08. The van der Waals surface area contributed by atoms with Gasteiger partial charge >= 0.3 is 0 Å². The molecule has 0 spiro atoms. The molecule has 0 unspecified atom stereocenters. The van der Waals surface area contributed by atoms with Gasteiger partial charge in [0.05, 0.1) is 18.7 Å². The number of alkyl halides is 1. The van der Waals surface area contributed by atoms with Crippen LogP contribution in [0.1, 0.15) is 11.1 Å². The van der Waals surface area contributed by atoms with Crippen molar-refractivity contribution in [3.05, 3.63) is 35.4 Å². The molecular weight excluding hydrogens is 198 g/mol. The van der Waals surface area contributed by atoms with Gasteiger partial charge in [-0.25, -0.2) is 0 Å². The molecule has 0 radical (unpaired) electrons. The van der Waals surface area contributed by atoms with Gasteiger partial charge in [0.2, 0.25) is 0 Å². The zero-order valence-corrected chi connectivity index (χ0v) is 8.58. The van der Waals surface area contributed by atoms with Crippen molar-refractivity contribution in [2.45, 2.75) is 0 Å². The van der Waals surface area contributed by atoms with Crippen molar-refractivity contribution in [3.8, 4) is 11.8 Å². The molecule has 0 saturated carbocycles. The van der Waals surface area contributed by atoms with Crippen LogP contribution >= 0.6 is 11.6 Å². The first kappa shape index (κ1) is 10.6. The van der Waals surface area contributed by atoms with Crippen LogP contribution in [0.5, 0.6) is 5.75 Å². The quantitative estimate of drug-likeness (QED) is 0.714. The third kappa shape index (κ3) is 2.51. The molecule has 14 heavy (non-hydrogen) atoms. The number of nitriles is 1. The smallest absolute Gasteiger partial charge is 0.119 e. The van der Waals surface area contributed by atoms with Crippen LogP contribution in [0.15, 0.2) is 24.3 Å². The van der Waals surface area contributed by atoms with E-state index in [1.165, 1.54) is 0 Å².